The summed E-state index contributed by atoms with van der Waals surface area (Å²) in [6.07, 6.45) is 1.78. The Morgan fingerprint density at radius 1 is 1.54 bits per heavy atom. The third-order valence-corrected chi connectivity index (χ3v) is 1.36. The fourth-order valence-electron chi connectivity index (χ4n) is 0.895. The predicted molar refractivity (Wildman–Crippen MR) is 41.8 cm³/mol. The van der Waals surface area contributed by atoms with E-state index in [2.05, 4.69) is 5.32 Å². The molecule has 1 atom stereocenters. The number of carboxylic acids is 1. The zero-order valence-corrected chi connectivity index (χ0v) is 7.58. The Hall–Kier alpha value is -0.490. The molecule has 0 unspecified atom stereocenters. The summed E-state index contributed by atoms with van der Waals surface area (Å²) < 4.78 is 19.0. The van der Waals surface area contributed by atoms with Gasteiger partial charge in [-0.2, -0.15) is 0 Å². The minimum absolute atomic E-state index is 0.269. The predicted octanol–water partition coefficient (Wildman–Crippen LogP) is -0.128. The second-order valence-corrected chi connectivity index (χ2v) is 3.41. The van der Waals surface area contributed by atoms with E-state index in [9.17, 15) is 8.99 Å². The van der Waals surface area contributed by atoms with Crippen molar-refractivity contribution < 1.29 is 28.4 Å². The maximum atomic E-state index is 10.4. The molecule has 1 rings (SSSR count). The largest absolute Gasteiger partial charge is 0.507 e. The number of rotatable bonds is 1. The molecule has 1 aliphatic heterocycles. The van der Waals surface area contributed by atoms with Gasteiger partial charge in [-0.3, -0.25) is 14.6 Å². The number of hydrogen-bond donors (Lipinski definition) is 4. The van der Waals surface area contributed by atoms with E-state index < -0.39 is 13.9 Å². The van der Waals surface area contributed by atoms with Crippen LogP contribution >= 0.6 is 7.91 Å². The Balaban J connectivity index is 0.000000252. The summed E-state index contributed by atoms with van der Waals surface area (Å²) in [5.41, 5.74) is 0. The maximum Gasteiger partial charge on any atom is 0.507 e. The van der Waals surface area contributed by atoms with Gasteiger partial charge in [0.05, 0.1) is 0 Å². The van der Waals surface area contributed by atoms with E-state index in [0.717, 1.165) is 19.4 Å². The lowest BCUT2D eigenvalue weighted by Gasteiger charge is -1.99. The number of carbonyl (C=O) groups is 1. The van der Waals surface area contributed by atoms with Gasteiger partial charge >= 0.3 is 13.9 Å². The highest BCUT2D eigenvalue weighted by Gasteiger charge is 2.20. The van der Waals surface area contributed by atoms with Crippen LogP contribution in [0.2, 0.25) is 0 Å². The molecule has 8 heteroatoms. The summed E-state index contributed by atoms with van der Waals surface area (Å²) >= 11 is 0. The van der Waals surface area contributed by atoms with Crippen molar-refractivity contribution in [1.82, 2.24) is 5.32 Å². The number of carboxylic acid groups (broad SMARTS) is 1. The molecule has 1 saturated heterocycles. The van der Waals surface area contributed by atoms with Crippen LogP contribution in [0.25, 0.3) is 0 Å². The SMILES string of the molecule is O=C(O)[C@@H]1CCCN1.O=P(O)(O)F. The van der Waals surface area contributed by atoms with Crippen LogP contribution in [-0.2, 0) is 9.36 Å². The molecule has 78 valence electrons. The summed E-state index contributed by atoms with van der Waals surface area (Å²) in [5, 5.41) is 11.2. The summed E-state index contributed by atoms with van der Waals surface area (Å²) in [4.78, 5) is 24.1. The van der Waals surface area contributed by atoms with Gasteiger partial charge in [0.1, 0.15) is 6.04 Å². The average molecular weight is 215 g/mol. The molecule has 0 spiro atoms. The normalized spacial score (nSPS) is 21.9. The van der Waals surface area contributed by atoms with Crippen molar-refractivity contribution in [1.29, 1.82) is 0 Å². The molecule has 0 bridgehead atoms. The van der Waals surface area contributed by atoms with Crippen molar-refractivity contribution in [3.05, 3.63) is 0 Å². The Morgan fingerprint density at radius 2 is 2.00 bits per heavy atom. The number of aliphatic carboxylic acids is 1. The van der Waals surface area contributed by atoms with Crippen LogP contribution in [0.15, 0.2) is 0 Å². The number of halogens is 1. The second kappa shape index (κ2) is 5.29. The molecule has 0 amide bonds. The third-order valence-electron chi connectivity index (χ3n) is 1.36. The van der Waals surface area contributed by atoms with Crippen molar-refractivity contribution in [2.75, 3.05) is 6.54 Å². The zero-order valence-electron chi connectivity index (χ0n) is 6.68. The molecule has 0 aromatic rings. The molecule has 0 saturated carbocycles. The first-order valence-corrected chi connectivity index (χ1v) is 5.02. The molecule has 0 radical (unpaired) electrons. The summed E-state index contributed by atoms with van der Waals surface area (Å²) in [6.45, 7) is 0.858. The molecular weight excluding hydrogens is 204 g/mol. The van der Waals surface area contributed by atoms with Gasteiger partial charge in [-0.25, -0.2) is 4.57 Å². The Morgan fingerprint density at radius 3 is 2.15 bits per heavy atom. The van der Waals surface area contributed by atoms with E-state index in [1.165, 1.54) is 0 Å². The Labute approximate surface area is 74.0 Å². The molecule has 13 heavy (non-hydrogen) atoms. The van der Waals surface area contributed by atoms with Crippen molar-refractivity contribution in [2.24, 2.45) is 0 Å². The van der Waals surface area contributed by atoms with E-state index in [1.54, 1.807) is 0 Å². The van der Waals surface area contributed by atoms with Crippen molar-refractivity contribution in [2.45, 2.75) is 18.9 Å². The number of nitrogens with one attached hydrogen (secondary N) is 1. The fourth-order valence-corrected chi connectivity index (χ4v) is 0.895. The lowest BCUT2D eigenvalue weighted by atomic mass is 10.2. The summed E-state index contributed by atoms with van der Waals surface area (Å²) in [6, 6.07) is -0.269. The van der Waals surface area contributed by atoms with Crippen LogP contribution < -0.4 is 5.32 Å². The van der Waals surface area contributed by atoms with Crippen LogP contribution in [-0.4, -0.2) is 33.4 Å². The molecular formula is C5H11FNO5P. The van der Waals surface area contributed by atoms with Crippen LogP contribution in [0.1, 0.15) is 12.8 Å². The first-order chi connectivity index (χ1) is 5.80. The van der Waals surface area contributed by atoms with E-state index in [0.29, 0.717) is 0 Å². The van der Waals surface area contributed by atoms with E-state index in [4.69, 9.17) is 19.5 Å². The first-order valence-electron chi connectivity index (χ1n) is 3.52. The molecule has 1 aliphatic rings. The van der Waals surface area contributed by atoms with Crippen LogP contribution in [0.5, 0.6) is 0 Å². The Bertz CT molecular complexity index is 203. The molecule has 4 N–H and O–H groups in total. The molecule has 0 aromatic heterocycles. The maximum absolute atomic E-state index is 10.4. The Kier molecular flexibility index (Phi) is 5.09. The second-order valence-electron chi connectivity index (χ2n) is 2.46. The third kappa shape index (κ3) is 9.42. The molecule has 0 aliphatic carbocycles. The van der Waals surface area contributed by atoms with Gasteiger partial charge in [-0.1, -0.05) is 0 Å². The lowest BCUT2D eigenvalue weighted by molar-refractivity contribution is -0.139. The highest BCUT2D eigenvalue weighted by Crippen LogP contribution is 2.34. The standard InChI is InChI=1S/C5H9NO2.FH2O3P/c7-5(8)4-2-1-3-6-4;1-5(2,3)4/h4,6H,1-3H2,(H,7,8);(H2,2,3,4)/t4-;/m0./s1. The number of hydrogen-bond acceptors (Lipinski definition) is 3. The van der Waals surface area contributed by atoms with Gasteiger partial charge in [-0.05, 0) is 19.4 Å². The summed E-state index contributed by atoms with van der Waals surface area (Å²) in [5.74, 6) is -0.720. The van der Waals surface area contributed by atoms with Crippen LogP contribution in [0.3, 0.4) is 0 Å². The monoisotopic (exact) mass is 215 g/mol. The molecule has 1 heterocycles. The van der Waals surface area contributed by atoms with Gasteiger partial charge in [0.2, 0.25) is 0 Å². The molecule has 6 nitrogen and oxygen atoms in total. The highest BCUT2D eigenvalue weighted by atomic mass is 31.2. The zero-order chi connectivity index (χ0) is 10.5. The van der Waals surface area contributed by atoms with E-state index in [-0.39, 0.29) is 6.04 Å². The van der Waals surface area contributed by atoms with Crippen molar-refractivity contribution >= 4 is 13.9 Å². The smallest absolute Gasteiger partial charge is 0.480 e. The van der Waals surface area contributed by atoms with Gasteiger partial charge < -0.3 is 10.4 Å². The van der Waals surface area contributed by atoms with Crippen molar-refractivity contribution in [3.8, 4) is 0 Å². The van der Waals surface area contributed by atoms with Crippen LogP contribution in [0.4, 0.5) is 4.20 Å². The highest BCUT2D eigenvalue weighted by molar-refractivity contribution is 7.45. The van der Waals surface area contributed by atoms with Gasteiger partial charge in [0.25, 0.3) is 0 Å². The van der Waals surface area contributed by atoms with E-state index >= 15 is 0 Å². The molecule has 0 aromatic carbocycles. The van der Waals surface area contributed by atoms with Gasteiger partial charge in [-0.15, -0.1) is 4.20 Å². The van der Waals surface area contributed by atoms with Crippen LogP contribution in [0, 0.1) is 0 Å². The fraction of sp³-hybridized carbons (Fsp3) is 0.800. The first kappa shape index (κ1) is 12.5. The van der Waals surface area contributed by atoms with E-state index in [1.807, 2.05) is 0 Å². The van der Waals surface area contributed by atoms with Gasteiger partial charge in [0.15, 0.2) is 0 Å². The topological polar surface area (TPSA) is 107 Å². The van der Waals surface area contributed by atoms with Crippen molar-refractivity contribution in [3.63, 3.8) is 0 Å². The molecule has 1 fully saturated rings. The summed E-state index contributed by atoms with van der Waals surface area (Å²) in [7, 11) is -5.14. The minimum Gasteiger partial charge on any atom is -0.480 e. The lowest BCUT2D eigenvalue weighted by Crippen LogP contribution is -2.29. The quantitative estimate of drug-likeness (QED) is 0.454. The minimum atomic E-state index is -5.14. The average Bonchev–Trinajstić information content (AvgIpc) is 2.31. The van der Waals surface area contributed by atoms with Gasteiger partial charge in [0, 0.05) is 0 Å².